The summed E-state index contributed by atoms with van der Waals surface area (Å²) in [4.78, 5) is 24.9. The maximum Gasteiger partial charge on any atom is 0.248 e. The molecule has 2 aromatic carbocycles. The van der Waals surface area contributed by atoms with Crippen LogP contribution in [0.25, 0.3) is 0 Å². The van der Waals surface area contributed by atoms with Crippen LogP contribution in [0.2, 0.25) is 0 Å². The first-order valence-electron chi connectivity index (χ1n) is 6.52. The summed E-state index contributed by atoms with van der Waals surface area (Å²) < 4.78 is 12.9. The molecule has 2 N–H and O–H groups in total. The van der Waals surface area contributed by atoms with Gasteiger partial charge in [-0.05, 0) is 41.5 Å². The van der Waals surface area contributed by atoms with Gasteiger partial charge in [0.25, 0.3) is 0 Å². The molecule has 0 saturated heterocycles. The Hall–Kier alpha value is -2.69. The van der Waals surface area contributed by atoms with E-state index in [4.69, 9.17) is 5.73 Å². The molecule has 106 valence electrons. The highest BCUT2D eigenvalue weighted by molar-refractivity contribution is 6.03. The fourth-order valence-corrected chi connectivity index (χ4v) is 2.48. The van der Waals surface area contributed by atoms with Gasteiger partial charge >= 0.3 is 0 Å². The van der Waals surface area contributed by atoms with Gasteiger partial charge in [-0.25, -0.2) is 4.39 Å². The van der Waals surface area contributed by atoms with Gasteiger partial charge in [0.15, 0.2) is 0 Å². The zero-order valence-electron chi connectivity index (χ0n) is 11.2. The molecule has 5 heteroatoms. The Morgan fingerprint density at radius 2 is 1.90 bits per heavy atom. The molecule has 1 aliphatic rings. The van der Waals surface area contributed by atoms with Crippen LogP contribution in [0.3, 0.4) is 0 Å². The molecule has 0 aromatic heterocycles. The van der Waals surface area contributed by atoms with Gasteiger partial charge in [0.1, 0.15) is 5.82 Å². The monoisotopic (exact) mass is 284 g/mol. The van der Waals surface area contributed by atoms with Crippen LogP contribution in [0.5, 0.6) is 0 Å². The van der Waals surface area contributed by atoms with E-state index in [0.717, 1.165) is 16.8 Å². The molecule has 3 rings (SSSR count). The van der Waals surface area contributed by atoms with Crippen molar-refractivity contribution in [2.24, 2.45) is 5.73 Å². The smallest absolute Gasteiger partial charge is 0.248 e. The van der Waals surface area contributed by atoms with Crippen LogP contribution in [0.15, 0.2) is 42.5 Å². The number of nitrogens with two attached hydrogens (primary N) is 1. The maximum absolute atomic E-state index is 12.9. The number of amides is 2. The number of carbonyl (C=O) groups excluding carboxylic acids is 2. The number of primary amides is 1. The third-order valence-electron chi connectivity index (χ3n) is 3.55. The second kappa shape index (κ2) is 5.01. The van der Waals surface area contributed by atoms with Crippen LogP contribution in [0.1, 0.15) is 21.5 Å². The number of benzene rings is 2. The molecule has 4 nitrogen and oxygen atoms in total. The van der Waals surface area contributed by atoms with Crippen LogP contribution >= 0.6 is 0 Å². The second-order valence-electron chi connectivity index (χ2n) is 4.99. The van der Waals surface area contributed by atoms with Crippen molar-refractivity contribution < 1.29 is 14.0 Å². The molecule has 2 amide bonds. The summed E-state index contributed by atoms with van der Waals surface area (Å²) in [5.74, 6) is -0.865. The lowest BCUT2D eigenvalue weighted by Crippen LogP contribution is -2.25. The van der Waals surface area contributed by atoms with Crippen molar-refractivity contribution in [2.75, 3.05) is 4.90 Å². The van der Waals surface area contributed by atoms with Gasteiger partial charge in [-0.2, -0.15) is 0 Å². The summed E-state index contributed by atoms with van der Waals surface area (Å²) in [6, 6.07) is 11.0. The van der Waals surface area contributed by atoms with E-state index in [-0.39, 0.29) is 18.1 Å². The Balaban J connectivity index is 1.90. The second-order valence-corrected chi connectivity index (χ2v) is 4.99. The summed E-state index contributed by atoms with van der Waals surface area (Å²) >= 11 is 0. The molecule has 0 spiro atoms. The lowest BCUT2D eigenvalue weighted by atomic mass is 10.1. The highest BCUT2D eigenvalue weighted by Crippen LogP contribution is 2.31. The van der Waals surface area contributed by atoms with E-state index in [9.17, 15) is 14.0 Å². The average Bonchev–Trinajstić information content (AvgIpc) is 2.76. The Bertz CT molecular complexity index is 726. The van der Waals surface area contributed by atoms with Crippen LogP contribution in [-0.4, -0.2) is 11.8 Å². The highest BCUT2D eigenvalue weighted by atomic mass is 19.1. The number of halogens is 1. The van der Waals surface area contributed by atoms with Crippen LogP contribution in [-0.2, 0) is 17.8 Å². The first-order valence-corrected chi connectivity index (χ1v) is 6.52. The van der Waals surface area contributed by atoms with E-state index in [1.165, 1.54) is 12.1 Å². The van der Waals surface area contributed by atoms with Crippen molar-refractivity contribution >= 4 is 17.5 Å². The summed E-state index contributed by atoms with van der Waals surface area (Å²) in [5, 5.41) is 0. The Morgan fingerprint density at radius 1 is 1.19 bits per heavy atom. The first kappa shape index (κ1) is 13.3. The standard InChI is InChI=1S/C16H13FN2O2/c17-13-4-1-10(2-5-13)9-19-14-6-3-11(16(18)21)7-12(14)8-15(19)20/h1-7H,8-9H2,(H2,18,21). The summed E-state index contributed by atoms with van der Waals surface area (Å²) in [5.41, 5.74) is 8.04. The fourth-order valence-electron chi connectivity index (χ4n) is 2.48. The van der Waals surface area contributed by atoms with E-state index >= 15 is 0 Å². The highest BCUT2D eigenvalue weighted by Gasteiger charge is 2.27. The number of rotatable bonds is 3. The van der Waals surface area contributed by atoms with Gasteiger partial charge in [-0.3, -0.25) is 9.59 Å². The number of anilines is 1. The van der Waals surface area contributed by atoms with Gasteiger partial charge in [-0.1, -0.05) is 12.1 Å². The third kappa shape index (κ3) is 2.50. The summed E-state index contributed by atoms with van der Waals surface area (Å²) in [6.45, 7) is 0.377. The predicted octanol–water partition coefficient (Wildman–Crippen LogP) is 2.01. The summed E-state index contributed by atoms with van der Waals surface area (Å²) in [6.07, 6.45) is 0.248. The van der Waals surface area contributed by atoms with Gasteiger partial charge in [-0.15, -0.1) is 0 Å². The minimum Gasteiger partial charge on any atom is -0.366 e. The largest absolute Gasteiger partial charge is 0.366 e. The molecule has 0 fully saturated rings. The van der Waals surface area contributed by atoms with Gasteiger partial charge in [0, 0.05) is 11.3 Å². The molecule has 0 saturated carbocycles. The van der Waals surface area contributed by atoms with Crippen LogP contribution < -0.4 is 10.6 Å². The van der Waals surface area contributed by atoms with Crippen molar-refractivity contribution in [1.29, 1.82) is 0 Å². The van der Waals surface area contributed by atoms with E-state index < -0.39 is 5.91 Å². The average molecular weight is 284 g/mol. The molecule has 0 bridgehead atoms. The minimum atomic E-state index is -0.512. The van der Waals surface area contributed by atoms with E-state index in [1.807, 2.05) is 0 Å². The first-order chi connectivity index (χ1) is 10.0. The van der Waals surface area contributed by atoms with Crippen LogP contribution in [0, 0.1) is 5.82 Å². The molecule has 0 radical (unpaired) electrons. The number of carbonyl (C=O) groups is 2. The maximum atomic E-state index is 12.9. The lowest BCUT2D eigenvalue weighted by Gasteiger charge is -2.17. The third-order valence-corrected chi connectivity index (χ3v) is 3.55. The van der Waals surface area contributed by atoms with Crippen molar-refractivity contribution in [3.63, 3.8) is 0 Å². The van der Waals surface area contributed by atoms with Crippen LogP contribution in [0.4, 0.5) is 10.1 Å². The van der Waals surface area contributed by atoms with Gasteiger partial charge < -0.3 is 10.6 Å². The van der Waals surface area contributed by atoms with Gasteiger partial charge in [0.2, 0.25) is 11.8 Å². The molecule has 0 aliphatic carbocycles. The summed E-state index contributed by atoms with van der Waals surface area (Å²) in [7, 11) is 0. The van der Waals surface area contributed by atoms with Crippen molar-refractivity contribution in [3.05, 3.63) is 65.0 Å². The molecule has 1 aliphatic heterocycles. The Kier molecular flexibility index (Phi) is 3.17. The Morgan fingerprint density at radius 3 is 2.57 bits per heavy atom. The van der Waals surface area contributed by atoms with E-state index in [2.05, 4.69) is 0 Å². The normalized spacial score (nSPS) is 13.4. The molecule has 0 unspecified atom stereocenters. The molecule has 2 aromatic rings. The number of hydrogen-bond acceptors (Lipinski definition) is 2. The van der Waals surface area contributed by atoms with E-state index in [1.54, 1.807) is 35.2 Å². The number of nitrogens with zero attached hydrogens (tertiary/aromatic N) is 1. The Labute approximate surface area is 121 Å². The molecular weight excluding hydrogens is 271 g/mol. The zero-order valence-corrected chi connectivity index (χ0v) is 11.2. The van der Waals surface area contributed by atoms with Crippen molar-refractivity contribution in [3.8, 4) is 0 Å². The molecule has 21 heavy (non-hydrogen) atoms. The number of fused-ring (bicyclic) bond motifs is 1. The SMILES string of the molecule is NC(=O)c1ccc2c(c1)CC(=O)N2Cc1ccc(F)cc1. The molecular formula is C16H13FN2O2. The number of hydrogen-bond donors (Lipinski definition) is 1. The fraction of sp³-hybridized carbons (Fsp3) is 0.125. The predicted molar refractivity (Wildman–Crippen MR) is 76.3 cm³/mol. The van der Waals surface area contributed by atoms with Crippen molar-refractivity contribution in [2.45, 2.75) is 13.0 Å². The zero-order chi connectivity index (χ0) is 15.0. The topological polar surface area (TPSA) is 63.4 Å². The van der Waals surface area contributed by atoms with Crippen molar-refractivity contribution in [1.82, 2.24) is 0 Å². The molecule has 0 atom stereocenters. The lowest BCUT2D eigenvalue weighted by molar-refractivity contribution is -0.117. The minimum absolute atomic E-state index is 0.0454. The molecule has 1 heterocycles. The van der Waals surface area contributed by atoms with E-state index in [0.29, 0.717) is 12.1 Å². The quantitative estimate of drug-likeness (QED) is 0.937. The van der Waals surface area contributed by atoms with Gasteiger partial charge in [0.05, 0.1) is 13.0 Å².